The van der Waals surface area contributed by atoms with Crippen molar-refractivity contribution < 1.29 is 30.0 Å². The summed E-state index contributed by atoms with van der Waals surface area (Å²) in [6, 6.07) is 16.4. The molecule has 0 bridgehead atoms. The van der Waals surface area contributed by atoms with Crippen molar-refractivity contribution in [3.05, 3.63) is 78.6 Å². The Morgan fingerprint density at radius 3 is 2.36 bits per heavy atom. The Morgan fingerprint density at radius 1 is 1.05 bits per heavy atom. The van der Waals surface area contributed by atoms with Crippen molar-refractivity contribution in [1.29, 1.82) is 0 Å². The number of imidazole rings is 1. The number of rotatable bonds is 8. The van der Waals surface area contributed by atoms with E-state index in [4.69, 9.17) is 4.98 Å². The number of nitrogens with zero attached hydrogens (tertiary/aromatic N) is 3. The van der Waals surface area contributed by atoms with Crippen LogP contribution in [0.15, 0.2) is 67.0 Å². The van der Waals surface area contributed by atoms with E-state index in [0.717, 1.165) is 52.7 Å². The molecular weight excluding hydrogens is 719 g/mol. The smallest absolute Gasteiger partial charge is 0.162 e. The van der Waals surface area contributed by atoms with Gasteiger partial charge in [-0.3, -0.25) is 14.2 Å². The van der Waals surface area contributed by atoms with Gasteiger partial charge in [0.15, 0.2) is 5.78 Å². The van der Waals surface area contributed by atoms with Gasteiger partial charge >= 0.3 is 0 Å². The average molecular weight is 761 g/mol. The molecule has 2 aromatic carbocycles. The predicted molar refractivity (Wildman–Crippen MR) is 173 cm³/mol. The molecule has 225 valence electrons. The summed E-state index contributed by atoms with van der Waals surface area (Å²) in [5, 5.41) is 12.2. The van der Waals surface area contributed by atoms with Crippen LogP contribution in [0.2, 0.25) is 0 Å². The zero-order valence-electron chi connectivity index (χ0n) is 25.7. The summed E-state index contributed by atoms with van der Waals surface area (Å²) < 4.78 is 3.30. The van der Waals surface area contributed by atoms with E-state index in [-0.39, 0.29) is 48.9 Å². The number of aliphatic hydroxyl groups excluding tert-OH is 1. The molecule has 7 heteroatoms. The summed E-state index contributed by atoms with van der Waals surface area (Å²) in [5.74, 6) is 0.547. The molecule has 0 saturated heterocycles. The molecule has 5 nitrogen and oxygen atoms in total. The number of pyridine rings is 1. The van der Waals surface area contributed by atoms with Crippen LogP contribution in [-0.4, -0.2) is 25.3 Å². The van der Waals surface area contributed by atoms with Crippen LogP contribution >= 0.6 is 11.3 Å². The monoisotopic (exact) mass is 761 g/mol. The van der Waals surface area contributed by atoms with Crippen molar-refractivity contribution in [3.8, 4) is 11.3 Å². The van der Waals surface area contributed by atoms with Gasteiger partial charge in [0, 0.05) is 54.6 Å². The molecule has 0 unspecified atom stereocenters. The van der Waals surface area contributed by atoms with Crippen LogP contribution in [0.4, 0.5) is 0 Å². The summed E-state index contributed by atoms with van der Waals surface area (Å²) in [4.78, 5) is 21.8. The molecule has 3 aromatic heterocycles. The van der Waals surface area contributed by atoms with Crippen molar-refractivity contribution >= 4 is 42.9 Å². The summed E-state index contributed by atoms with van der Waals surface area (Å²) >= 11 is 1.73. The Balaban J connectivity index is 0.000000263. The van der Waals surface area contributed by atoms with Gasteiger partial charge in [0.2, 0.25) is 0 Å². The minimum atomic E-state index is 0. The molecule has 0 aliphatic heterocycles. The fourth-order valence-electron chi connectivity index (χ4n) is 5.32. The molecule has 5 rings (SSSR count). The fourth-order valence-corrected chi connectivity index (χ4v) is 6.42. The van der Waals surface area contributed by atoms with Gasteiger partial charge in [-0.15, -0.1) is 40.5 Å². The number of allylic oxidation sites excluding steroid dienone is 2. The van der Waals surface area contributed by atoms with Crippen LogP contribution in [0.1, 0.15) is 79.7 Å². The van der Waals surface area contributed by atoms with Gasteiger partial charge in [0.1, 0.15) is 11.2 Å². The first-order valence-corrected chi connectivity index (χ1v) is 15.5. The van der Waals surface area contributed by atoms with Gasteiger partial charge in [-0.25, -0.2) is 4.98 Å². The molecule has 0 amide bonds. The van der Waals surface area contributed by atoms with Crippen molar-refractivity contribution in [2.75, 3.05) is 0 Å². The molecule has 0 atom stereocenters. The summed E-state index contributed by atoms with van der Waals surface area (Å²) in [6.45, 7) is 14.8. The molecule has 0 aliphatic carbocycles. The molecule has 42 heavy (non-hydrogen) atoms. The van der Waals surface area contributed by atoms with Crippen molar-refractivity contribution in [2.45, 2.75) is 79.6 Å². The van der Waals surface area contributed by atoms with E-state index >= 15 is 0 Å². The normalized spacial score (nSPS) is 12.2. The third-order valence-electron chi connectivity index (χ3n) is 7.87. The number of ketones is 1. The molecule has 5 aromatic rings. The molecule has 0 spiro atoms. The Labute approximate surface area is 267 Å². The molecular formula is C35H42IrN3O2S-. The van der Waals surface area contributed by atoms with Crippen LogP contribution in [0, 0.1) is 17.9 Å². The number of carbonyl (C=O) groups excluding carboxylic acids is 1. The second kappa shape index (κ2) is 14.5. The number of hydrogen-bond acceptors (Lipinski definition) is 5. The van der Waals surface area contributed by atoms with E-state index in [9.17, 15) is 9.90 Å². The van der Waals surface area contributed by atoms with E-state index < -0.39 is 0 Å². The molecule has 1 N–H and O–H groups in total. The molecule has 0 fully saturated rings. The van der Waals surface area contributed by atoms with Crippen LogP contribution in [0.5, 0.6) is 0 Å². The zero-order chi connectivity index (χ0) is 29.7. The van der Waals surface area contributed by atoms with Gasteiger partial charge in [-0.1, -0.05) is 77.6 Å². The first-order valence-electron chi connectivity index (χ1n) is 14.7. The number of benzene rings is 2. The fraction of sp³-hybridized carbons (Fsp3) is 0.400. The van der Waals surface area contributed by atoms with Gasteiger partial charge in [-0.05, 0) is 37.2 Å². The van der Waals surface area contributed by atoms with E-state index in [1.807, 2.05) is 46.4 Å². The summed E-state index contributed by atoms with van der Waals surface area (Å²) in [5.41, 5.74) is 4.56. The van der Waals surface area contributed by atoms with Gasteiger partial charge < -0.3 is 5.11 Å². The second-order valence-corrected chi connectivity index (χ2v) is 12.6. The SMILES string of the molecule is CC(C)(C)c1cc(-c2nccc3c2sc2cncn23)[c-]c2ccccc12.CCC(CC)C(=O)/C=C(\O)C(CC)CC.[Ir]. The topological polar surface area (TPSA) is 67.5 Å². The zero-order valence-corrected chi connectivity index (χ0v) is 28.9. The Morgan fingerprint density at radius 2 is 1.71 bits per heavy atom. The van der Waals surface area contributed by atoms with E-state index in [1.165, 1.54) is 21.7 Å². The van der Waals surface area contributed by atoms with E-state index in [2.05, 4.69) is 72.6 Å². The van der Waals surface area contributed by atoms with Crippen molar-refractivity contribution in [3.63, 3.8) is 0 Å². The van der Waals surface area contributed by atoms with Gasteiger partial charge in [-0.2, -0.15) is 0 Å². The van der Waals surface area contributed by atoms with Crippen molar-refractivity contribution in [1.82, 2.24) is 14.4 Å². The van der Waals surface area contributed by atoms with Crippen LogP contribution < -0.4 is 0 Å². The minimum absolute atomic E-state index is 0. The second-order valence-electron chi connectivity index (χ2n) is 11.6. The standard InChI is InChI=1S/C22H18N3S.C13H24O2.Ir/c1-22(2,3)17-11-15(10-14-6-4-5-7-16(14)17)20-21-18(8-9-24-20)25-13-23-12-19(25)26-21;1-5-10(6-2)12(14)9-13(15)11(7-3)8-4;/h4-9,11-13H,1-3H3;9-11,14H,5-8H2,1-4H3;/q-1;;/b;12-9-;. The number of aromatic nitrogens is 3. The predicted octanol–water partition coefficient (Wildman–Crippen LogP) is 9.73. The Hall–Kier alpha value is -2.86. The number of hydrogen-bond donors (Lipinski definition) is 1. The van der Waals surface area contributed by atoms with Gasteiger partial charge in [0.25, 0.3) is 0 Å². The maximum absolute atomic E-state index is 11.7. The maximum Gasteiger partial charge on any atom is 0.162 e. The first-order chi connectivity index (χ1) is 19.6. The molecule has 1 radical (unpaired) electrons. The Bertz CT molecular complexity index is 1670. The molecule has 0 aliphatic rings. The van der Waals surface area contributed by atoms with Crippen LogP contribution in [0.3, 0.4) is 0 Å². The van der Waals surface area contributed by atoms with E-state index in [0.29, 0.717) is 0 Å². The minimum Gasteiger partial charge on any atom is -0.512 e. The number of fused-ring (bicyclic) bond motifs is 4. The maximum atomic E-state index is 11.7. The first kappa shape index (κ1) is 33.6. The third kappa shape index (κ3) is 7.19. The summed E-state index contributed by atoms with van der Waals surface area (Å²) in [7, 11) is 0. The summed E-state index contributed by atoms with van der Waals surface area (Å²) in [6.07, 6.45) is 10.6. The van der Waals surface area contributed by atoms with Gasteiger partial charge in [0.05, 0.1) is 17.5 Å². The van der Waals surface area contributed by atoms with E-state index in [1.54, 1.807) is 11.3 Å². The molecule has 3 heterocycles. The number of carbonyl (C=O) groups is 1. The number of thiazole rings is 1. The van der Waals surface area contributed by atoms with Crippen molar-refractivity contribution in [2.24, 2.45) is 11.8 Å². The Kier molecular flexibility index (Phi) is 11.6. The average Bonchev–Trinajstić information content (AvgIpc) is 3.55. The third-order valence-corrected chi connectivity index (χ3v) is 8.99. The number of aliphatic hydroxyl groups is 1. The van der Waals surface area contributed by atoms with Crippen LogP contribution in [-0.2, 0) is 30.3 Å². The molecule has 0 saturated carbocycles. The largest absolute Gasteiger partial charge is 0.512 e. The quantitative estimate of drug-likeness (QED) is 0.0972. The van der Waals surface area contributed by atoms with Crippen LogP contribution in [0.25, 0.3) is 37.1 Å².